The molecule has 102 valence electrons. The van der Waals surface area contributed by atoms with Crippen molar-refractivity contribution in [2.75, 3.05) is 5.75 Å². The van der Waals surface area contributed by atoms with E-state index in [1.165, 1.54) is 37.9 Å². The Kier molecular flexibility index (Phi) is 4.98. The Morgan fingerprint density at radius 3 is 2.83 bits per heavy atom. The zero-order valence-corrected chi connectivity index (χ0v) is 12.6. The summed E-state index contributed by atoms with van der Waals surface area (Å²) in [4.78, 5) is 0. The maximum atomic E-state index is 9.54. The largest absolute Gasteiger partial charge is 0.297 e. The summed E-state index contributed by atoms with van der Waals surface area (Å²) in [7, 11) is 0. The van der Waals surface area contributed by atoms with Gasteiger partial charge in [0.15, 0.2) is 0 Å². The fourth-order valence-corrected chi connectivity index (χ4v) is 4.24. The lowest BCUT2D eigenvalue weighted by Gasteiger charge is -2.36. The molecule has 0 bridgehead atoms. The van der Waals surface area contributed by atoms with Crippen LogP contribution in [0.1, 0.15) is 58.8 Å². The molecule has 0 aromatic heterocycles. The quantitative estimate of drug-likeness (QED) is 0.796. The predicted octanol–water partition coefficient (Wildman–Crippen LogP) is 3.72. The molecule has 0 aromatic carbocycles. The molecule has 0 radical (unpaired) electrons. The van der Waals surface area contributed by atoms with Gasteiger partial charge in [0.1, 0.15) is 5.54 Å². The zero-order valence-electron chi connectivity index (χ0n) is 11.7. The second-order valence-electron chi connectivity index (χ2n) is 6.18. The number of nitrogens with one attached hydrogen (secondary N) is 1. The minimum absolute atomic E-state index is 0.202. The fourth-order valence-electron chi connectivity index (χ4n) is 2.67. The van der Waals surface area contributed by atoms with E-state index < -0.39 is 0 Å². The lowest BCUT2D eigenvalue weighted by atomic mass is 9.82. The maximum absolute atomic E-state index is 9.54. The molecule has 0 aliphatic heterocycles. The predicted molar refractivity (Wildman–Crippen MR) is 78.7 cm³/mol. The Labute approximate surface area is 116 Å². The number of hydrogen-bond acceptors (Lipinski definition) is 3. The molecule has 18 heavy (non-hydrogen) atoms. The average molecular weight is 266 g/mol. The van der Waals surface area contributed by atoms with Gasteiger partial charge in [0.25, 0.3) is 0 Å². The van der Waals surface area contributed by atoms with Gasteiger partial charge in [-0.3, -0.25) is 5.32 Å². The summed E-state index contributed by atoms with van der Waals surface area (Å²) in [6, 6.07) is 3.24. The van der Waals surface area contributed by atoms with Gasteiger partial charge in [-0.05, 0) is 50.2 Å². The normalized spacial score (nSPS) is 33.9. The summed E-state index contributed by atoms with van der Waals surface area (Å²) in [5, 5.41) is 13.8. The third kappa shape index (κ3) is 3.90. The highest BCUT2D eigenvalue weighted by Gasteiger charge is 2.40. The topological polar surface area (TPSA) is 35.8 Å². The smallest absolute Gasteiger partial charge is 0.108 e. The van der Waals surface area contributed by atoms with Crippen molar-refractivity contribution in [3.8, 4) is 6.07 Å². The first-order valence-electron chi connectivity index (χ1n) is 7.48. The van der Waals surface area contributed by atoms with Crippen molar-refractivity contribution in [2.24, 2.45) is 5.92 Å². The molecular weight excluding hydrogens is 240 g/mol. The van der Waals surface area contributed by atoms with Crippen molar-refractivity contribution in [1.29, 1.82) is 5.26 Å². The molecule has 2 nitrogen and oxygen atoms in total. The van der Waals surface area contributed by atoms with E-state index in [9.17, 15) is 5.26 Å². The molecule has 2 saturated carbocycles. The van der Waals surface area contributed by atoms with Crippen LogP contribution in [0.3, 0.4) is 0 Å². The van der Waals surface area contributed by atoms with Gasteiger partial charge >= 0.3 is 0 Å². The van der Waals surface area contributed by atoms with Gasteiger partial charge < -0.3 is 0 Å². The van der Waals surface area contributed by atoms with E-state index in [1.807, 2.05) is 0 Å². The van der Waals surface area contributed by atoms with Crippen LogP contribution in [-0.4, -0.2) is 22.6 Å². The van der Waals surface area contributed by atoms with Crippen LogP contribution < -0.4 is 5.32 Å². The number of hydrogen-bond donors (Lipinski definition) is 1. The van der Waals surface area contributed by atoms with Crippen LogP contribution in [0.2, 0.25) is 0 Å². The van der Waals surface area contributed by atoms with E-state index >= 15 is 0 Å². The van der Waals surface area contributed by atoms with Gasteiger partial charge in [0.2, 0.25) is 0 Å². The van der Waals surface area contributed by atoms with Gasteiger partial charge in [-0.1, -0.05) is 20.3 Å². The molecule has 2 aliphatic carbocycles. The van der Waals surface area contributed by atoms with E-state index in [4.69, 9.17) is 0 Å². The van der Waals surface area contributed by atoms with E-state index in [-0.39, 0.29) is 5.54 Å². The Bertz CT molecular complexity index is 308. The van der Waals surface area contributed by atoms with Crippen molar-refractivity contribution in [3.63, 3.8) is 0 Å². The summed E-state index contributed by atoms with van der Waals surface area (Å²) in [5.74, 6) is 2.07. The Hall–Kier alpha value is -0.200. The Morgan fingerprint density at radius 2 is 2.22 bits per heavy atom. The van der Waals surface area contributed by atoms with Crippen LogP contribution in [0.5, 0.6) is 0 Å². The van der Waals surface area contributed by atoms with Gasteiger partial charge in [0, 0.05) is 11.3 Å². The minimum Gasteiger partial charge on any atom is -0.297 e. The van der Waals surface area contributed by atoms with Crippen molar-refractivity contribution in [3.05, 3.63) is 0 Å². The molecule has 3 unspecified atom stereocenters. The monoisotopic (exact) mass is 266 g/mol. The Balaban J connectivity index is 1.84. The van der Waals surface area contributed by atoms with Gasteiger partial charge in [-0.15, -0.1) is 0 Å². The van der Waals surface area contributed by atoms with Crippen LogP contribution >= 0.6 is 11.8 Å². The third-order valence-corrected chi connectivity index (χ3v) is 5.93. The molecule has 3 atom stereocenters. The highest BCUT2D eigenvalue weighted by Crippen LogP contribution is 2.37. The number of rotatable bonds is 6. The second kappa shape index (κ2) is 6.30. The van der Waals surface area contributed by atoms with E-state index in [0.29, 0.717) is 11.3 Å². The summed E-state index contributed by atoms with van der Waals surface area (Å²) in [5.41, 5.74) is -0.202. The van der Waals surface area contributed by atoms with Gasteiger partial charge in [0.05, 0.1) is 6.07 Å². The summed E-state index contributed by atoms with van der Waals surface area (Å²) >= 11 is 2.10. The molecule has 2 aliphatic rings. The van der Waals surface area contributed by atoms with Crippen LogP contribution in [0.15, 0.2) is 0 Å². The fraction of sp³-hybridized carbons (Fsp3) is 0.933. The summed E-state index contributed by atoms with van der Waals surface area (Å²) in [6.07, 6.45) is 8.44. The zero-order chi connectivity index (χ0) is 13.0. The van der Waals surface area contributed by atoms with E-state index in [0.717, 1.165) is 18.8 Å². The van der Waals surface area contributed by atoms with Crippen LogP contribution in [0, 0.1) is 17.2 Å². The summed E-state index contributed by atoms with van der Waals surface area (Å²) < 4.78 is 0. The summed E-state index contributed by atoms with van der Waals surface area (Å²) in [6.45, 7) is 4.59. The standard InChI is InChI=1S/C15H26N2S/c1-3-12(2)10-18-14-5-4-8-15(9-14,11-16)17-13-6-7-13/h12-14,17H,3-10H2,1-2H3. The maximum Gasteiger partial charge on any atom is 0.108 e. The molecule has 0 amide bonds. The number of nitriles is 1. The first-order valence-corrected chi connectivity index (χ1v) is 8.53. The molecule has 1 N–H and O–H groups in total. The molecule has 0 spiro atoms. The van der Waals surface area contributed by atoms with Crippen molar-refractivity contribution < 1.29 is 0 Å². The van der Waals surface area contributed by atoms with Crippen molar-refractivity contribution in [2.45, 2.75) is 75.6 Å². The van der Waals surface area contributed by atoms with E-state index in [2.05, 4.69) is 37.0 Å². The molecular formula is C15H26N2S. The molecule has 3 heteroatoms. The Morgan fingerprint density at radius 1 is 1.44 bits per heavy atom. The number of nitrogens with zero attached hydrogens (tertiary/aromatic N) is 1. The lowest BCUT2D eigenvalue weighted by Crippen LogP contribution is -2.49. The average Bonchev–Trinajstić information content (AvgIpc) is 3.20. The van der Waals surface area contributed by atoms with Crippen LogP contribution in [0.25, 0.3) is 0 Å². The van der Waals surface area contributed by atoms with E-state index in [1.54, 1.807) is 0 Å². The molecule has 2 rings (SSSR count). The van der Waals surface area contributed by atoms with Gasteiger partial charge in [-0.25, -0.2) is 0 Å². The van der Waals surface area contributed by atoms with Crippen LogP contribution in [0.4, 0.5) is 0 Å². The van der Waals surface area contributed by atoms with Crippen LogP contribution in [-0.2, 0) is 0 Å². The van der Waals surface area contributed by atoms with Gasteiger partial charge in [-0.2, -0.15) is 17.0 Å². The SMILES string of the molecule is CCC(C)CSC1CCCC(C#N)(NC2CC2)C1. The molecule has 2 fully saturated rings. The highest BCUT2D eigenvalue weighted by molar-refractivity contribution is 7.99. The first-order chi connectivity index (χ1) is 8.67. The molecule has 0 heterocycles. The highest BCUT2D eigenvalue weighted by atomic mass is 32.2. The lowest BCUT2D eigenvalue weighted by molar-refractivity contribution is 0.301. The second-order valence-corrected chi connectivity index (χ2v) is 7.51. The number of thioether (sulfide) groups is 1. The van der Waals surface area contributed by atoms with Crippen molar-refractivity contribution in [1.82, 2.24) is 5.32 Å². The molecule has 0 aromatic rings. The minimum atomic E-state index is -0.202. The third-order valence-electron chi connectivity index (χ3n) is 4.29. The van der Waals surface area contributed by atoms with Crippen molar-refractivity contribution >= 4 is 11.8 Å². The first kappa shape index (κ1) is 14.2. The molecule has 0 saturated heterocycles.